The molecule has 4 rings (SSSR count). The van der Waals surface area contributed by atoms with Crippen molar-refractivity contribution in [1.29, 1.82) is 0 Å². The Kier molecular flexibility index (Phi) is 7.12. The molecule has 35 heavy (non-hydrogen) atoms. The van der Waals surface area contributed by atoms with Crippen molar-refractivity contribution in [3.63, 3.8) is 0 Å². The molecule has 0 aromatic carbocycles. The van der Waals surface area contributed by atoms with Crippen LogP contribution in [-0.4, -0.2) is 31.6 Å². The van der Waals surface area contributed by atoms with Crippen LogP contribution in [0.1, 0.15) is 42.5 Å². The zero-order chi connectivity index (χ0) is 25.1. The number of hydrogen-bond acceptors (Lipinski definition) is 7. The highest BCUT2D eigenvalue weighted by atomic mass is 35.5. The first kappa shape index (κ1) is 24.3. The molecule has 0 spiro atoms. The highest BCUT2D eigenvalue weighted by molar-refractivity contribution is 6.31. The summed E-state index contributed by atoms with van der Waals surface area (Å²) in [7, 11) is 1.55. The zero-order valence-corrected chi connectivity index (χ0v) is 21.0. The lowest BCUT2D eigenvalue weighted by Crippen LogP contribution is -2.22. The molecule has 9 heteroatoms. The molecule has 0 atom stereocenters. The van der Waals surface area contributed by atoms with E-state index in [1.807, 2.05) is 45.9 Å². The number of hydrogen-bond donors (Lipinski definition) is 0. The van der Waals surface area contributed by atoms with Gasteiger partial charge in [0, 0.05) is 36.1 Å². The van der Waals surface area contributed by atoms with Crippen molar-refractivity contribution in [1.82, 2.24) is 24.5 Å². The van der Waals surface area contributed by atoms with Gasteiger partial charge in [0.1, 0.15) is 23.2 Å². The highest BCUT2D eigenvalue weighted by Crippen LogP contribution is 2.27. The zero-order valence-electron chi connectivity index (χ0n) is 20.2. The van der Waals surface area contributed by atoms with E-state index in [2.05, 4.69) is 15.0 Å². The minimum Gasteiger partial charge on any atom is -0.485 e. The second-order valence-corrected chi connectivity index (χ2v) is 8.76. The van der Waals surface area contributed by atoms with Gasteiger partial charge in [-0.25, -0.2) is 15.0 Å². The van der Waals surface area contributed by atoms with Crippen LogP contribution < -0.4 is 15.0 Å². The molecule has 180 valence electrons. The molecule has 4 aromatic rings. The van der Waals surface area contributed by atoms with Gasteiger partial charge in [0.25, 0.3) is 5.56 Å². The molecule has 0 saturated carbocycles. The molecule has 0 aliphatic rings. The Morgan fingerprint density at radius 3 is 2.63 bits per heavy atom. The van der Waals surface area contributed by atoms with Crippen molar-refractivity contribution in [2.24, 2.45) is 0 Å². The molecule has 0 bridgehead atoms. The molecule has 8 nitrogen and oxygen atoms in total. The second kappa shape index (κ2) is 10.2. The molecular formula is C26H26ClN5O3. The summed E-state index contributed by atoms with van der Waals surface area (Å²) in [5, 5.41) is -0.0165. The summed E-state index contributed by atoms with van der Waals surface area (Å²) >= 11 is 6.44. The average Bonchev–Trinajstić information content (AvgIpc) is 2.86. The summed E-state index contributed by atoms with van der Waals surface area (Å²) in [6, 6.07) is 10.7. The molecular weight excluding hydrogens is 466 g/mol. The van der Waals surface area contributed by atoms with Gasteiger partial charge in [-0.1, -0.05) is 31.5 Å². The standard InChI is InChI=1S/C26H26ClN5O3/c1-15(2)25-29-13-16(3)24(31-25)20-12-19(9-10-28-20)32-17(4)11-21(23(27)26(32)33)35-14-18-7-6-8-22(30-18)34-5/h6-13,15H,14H2,1-5H3. The lowest BCUT2D eigenvalue weighted by molar-refractivity contribution is 0.297. The van der Waals surface area contributed by atoms with E-state index < -0.39 is 0 Å². The largest absolute Gasteiger partial charge is 0.485 e. The minimum absolute atomic E-state index is 0.0165. The van der Waals surface area contributed by atoms with Gasteiger partial charge in [0.2, 0.25) is 5.88 Å². The van der Waals surface area contributed by atoms with E-state index in [9.17, 15) is 4.79 Å². The normalized spacial score (nSPS) is 11.1. The van der Waals surface area contributed by atoms with Gasteiger partial charge in [0.05, 0.1) is 29.9 Å². The van der Waals surface area contributed by atoms with Crippen LogP contribution in [0.25, 0.3) is 17.1 Å². The number of halogens is 1. The van der Waals surface area contributed by atoms with Crippen molar-refractivity contribution in [2.45, 2.75) is 40.2 Å². The van der Waals surface area contributed by atoms with Gasteiger partial charge in [-0.05, 0) is 37.6 Å². The van der Waals surface area contributed by atoms with Gasteiger partial charge < -0.3 is 9.47 Å². The van der Waals surface area contributed by atoms with Crippen LogP contribution in [0.5, 0.6) is 11.6 Å². The summed E-state index contributed by atoms with van der Waals surface area (Å²) in [5.74, 6) is 1.69. The molecule has 0 aliphatic heterocycles. The van der Waals surface area contributed by atoms with E-state index in [1.54, 1.807) is 37.7 Å². The maximum absolute atomic E-state index is 13.3. The fourth-order valence-corrected chi connectivity index (χ4v) is 3.79. The lowest BCUT2D eigenvalue weighted by Gasteiger charge is -2.15. The number of methoxy groups -OCH3 is 1. The van der Waals surface area contributed by atoms with E-state index in [0.29, 0.717) is 28.6 Å². The predicted octanol–water partition coefficient (Wildman–Crippen LogP) is 5.07. The monoisotopic (exact) mass is 491 g/mol. The molecule has 0 radical (unpaired) electrons. The molecule has 0 fully saturated rings. The summed E-state index contributed by atoms with van der Waals surface area (Å²) in [4.78, 5) is 31.2. The topological polar surface area (TPSA) is 92.0 Å². The predicted molar refractivity (Wildman–Crippen MR) is 135 cm³/mol. The van der Waals surface area contributed by atoms with Crippen LogP contribution in [0.2, 0.25) is 5.02 Å². The van der Waals surface area contributed by atoms with E-state index >= 15 is 0 Å². The summed E-state index contributed by atoms with van der Waals surface area (Å²) in [6.45, 7) is 7.98. The van der Waals surface area contributed by atoms with Crippen LogP contribution in [0, 0.1) is 13.8 Å². The summed E-state index contributed by atoms with van der Waals surface area (Å²) in [6.07, 6.45) is 3.45. The van der Waals surface area contributed by atoms with Crippen LogP contribution >= 0.6 is 11.6 Å². The van der Waals surface area contributed by atoms with Gasteiger partial charge in [-0.15, -0.1) is 0 Å². The van der Waals surface area contributed by atoms with Crippen LogP contribution in [-0.2, 0) is 6.61 Å². The van der Waals surface area contributed by atoms with Crippen LogP contribution in [0.3, 0.4) is 0 Å². The van der Waals surface area contributed by atoms with Crippen LogP contribution in [0.15, 0.2) is 53.6 Å². The highest BCUT2D eigenvalue weighted by Gasteiger charge is 2.16. The minimum atomic E-state index is -0.389. The number of aryl methyl sites for hydroxylation is 2. The first-order valence-corrected chi connectivity index (χ1v) is 11.5. The van der Waals surface area contributed by atoms with E-state index in [4.69, 9.17) is 26.1 Å². The Balaban J connectivity index is 1.68. The van der Waals surface area contributed by atoms with Gasteiger partial charge in [-0.2, -0.15) is 0 Å². The number of ether oxygens (including phenoxy) is 2. The first-order chi connectivity index (χ1) is 16.8. The number of rotatable bonds is 7. The second-order valence-electron chi connectivity index (χ2n) is 8.38. The fourth-order valence-electron chi connectivity index (χ4n) is 3.59. The molecule has 0 aliphatic carbocycles. The maximum Gasteiger partial charge on any atom is 0.277 e. The summed E-state index contributed by atoms with van der Waals surface area (Å²) in [5.41, 5.74) is 3.83. The smallest absolute Gasteiger partial charge is 0.277 e. The molecule has 4 heterocycles. The van der Waals surface area contributed by atoms with E-state index in [0.717, 1.165) is 17.1 Å². The number of nitrogens with zero attached hydrogens (tertiary/aromatic N) is 5. The molecule has 0 unspecified atom stereocenters. The Morgan fingerprint density at radius 1 is 1.09 bits per heavy atom. The summed E-state index contributed by atoms with van der Waals surface area (Å²) < 4.78 is 12.5. The van der Waals surface area contributed by atoms with E-state index in [-0.39, 0.29) is 28.9 Å². The Morgan fingerprint density at radius 2 is 1.89 bits per heavy atom. The van der Waals surface area contributed by atoms with Crippen molar-refractivity contribution >= 4 is 11.6 Å². The third kappa shape index (κ3) is 5.17. The van der Waals surface area contributed by atoms with Crippen molar-refractivity contribution < 1.29 is 9.47 Å². The van der Waals surface area contributed by atoms with Crippen molar-refractivity contribution in [3.05, 3.63) is 86.9 Å². The fraction of sp³-hybridized carbons (Fsp3) is 0.269. The molecule has 0 amide bonds. The van der Waals surface area contributed by atoms with Crippen molar-refractivity contribution in [2.75, 3.05) is 7.11 Å². The Bertz CT molecular complexity index is 1440. The first-order valence-electron chi connectivity index (χ1n) is 11.1. The Hall–Kier alpha value is -3.78. The van der Waals surface area contributed by atoms with Gasteiger partial charge in [-0.3, -0.25) is 14.3 Å². The Labute approximate surface area is 208 Å². The average molecular weight is 492 g/mol. The quantitative estimate of drug-likeness (QED) is 0.356. The van der Waals surface area contributed by atoms with Gasteiger partial charge >= 0.3 is 0 Å². The van der Waals surface area contributed by atoms with Crippen molar-refractivity contribution in [3.8, 4) is 28.7 Å². The third-order valence-electron chi connectivity index (χ3n) is 5.42. The third-order valence-corrected chi connectivity index (χ3v) is 5.76. The van der Waals surface area contributed by atoms with Crippen LogP contribution in [0.4, 0.5) is 0 Å². The number of aromatic nitrogens is 5. The van der Waals surface area contributed by atoms with E-state index in [1.165, 1.54) is 4.57 Å². The maximum atomic E-state index is 13.3. The molecule has 0 N–H and O–H groups in total. The molecule has 0 saturated heterocycles. The molecule has 4 aromatic heterocycles. The lowest BCUT2D eigenvalue weighted by atomic mass is 10.1. The SMILES string of the molecule is COc1cccc(COc2cc(C)n(-c3ccnc(-c4nc(C(C)C)ncc4C)c3)c(=O)c2Cl)n1. The number of pyridine rings is 3. The van der Waals surface area contributed by atoms with Gasteiger partial charge in [0.15, 0.2) is 0 Å².